The number of hydrogen-bond donors (Lipinski definition) is 1. The molecule has 1 aromatic carbocycles. The van der Waals surface area contributed by atoms with Gasteiger partial charge in [0.25, 0.3) is 5.91 Å². The molecule has 1 N–H and O–H groups in total. The van der Waals surface area contributed by atoms with Gasteiger partial charge in [-0.2, -0.15) is 0 Å². The zero-order valence-corrected chi connectivity index (χ0v) is 12.2. The van der Waals surface area contributed by atoms with Crippen molar-refractivity contribution in [2.45, 2.75) is 38.5 Å². The van der Waals surface area contributed by atoms with Crippen LogP contribution in [-0.2, 0) is 6.42 Å². The Bertz CT molecular complexity index is 595. The molecule has 1 heterocycles. The number of aryl methyl sites for hydroxylation is 1. The molecule has 2 atom stereocenters. The minimum atomic E-state index is -0.0228. The number of carbonyl (C=O) groups is 2. The number of ketones is 1. The third-order valence-corrected chi connectivity index (χ3v) is 5.51. The molecule has 3 nitrogen and oxygen atoms in total. The first-order valence-electron chi connectivity index (χ1n) is 8.21. The van der Waals surface area contributed by atoms with Crippen molar-refractivity contribution in [2.75, 3.05) is 6.54 Å². The minimum Gasteiger partial charge on any atom is -0.352 e. The molecule has 4 rings (SSSR count). The van der Waals surface area contributed by atoms with Gasteiger partial charge in [-0.15, -0.1) is 0 Å². The number of Topliss-reactive ketones (excluding diaryl/α,β-unsaturated/α-hetero) is 1. The molecular weight excluding hydrogens is 262 g/mol. The molecule has 21 heavy (non-hydrogen) atoms. The van der Waals surface area contributed by atoms with Gasteiger partial charge in [-0.05, 0) is 49.1 Å². The Kier molecular flexibility index (Phi) is 3.09. The van der Waals surface area contributed by atoms with Gasteiger partial charge in [-0.25, -0.2) is 0 Å². The third kappa shape index (κ3) is 2.19. The first-order chi connectivity index (χ1) is 10.3. The van der Waals surface area contributed by atoms with E-state index in [1.807, 2.05) is 18.2 Å². The number of nitrogens with one attached hydrogen (secondary N) is 1. The summed E-state index contributed by atoms with van der Waals surface area (Å²) >= 11 is 0. The highest BCUT2D eigenvalue weighted by molar-refractivity contribution is 6.03. The van der Waals surface area contributed by atoms with Gasteiger partial charge in [-0.1, -0.05) is 25.0 Å². The Morgan fingerprint density at radius 2 is 1.86 bits per heavy atom. The Balaban J connectivity index is 1.61. The molecule has 2 saturated carbocycles. The van der Waals surface area contributed by atoms with Gasteiger partial charge in [0, 0.05) is 23.6 Å². The molecule has 2 unspecified atom stereocenters. The second-order valence-corrected chi connectivity index (χ2v) is 6.73. The monoisotopic (exact) mass is 283 g/mol. The van der Waals surface area contributed by atoms with Crippen LogP contribution in [0.4, 0.5) is 0 Å². The standard InChI is InChI=1S/C18H21NO2/c20-17(16-13-5-1-2-6-14(13)16)12-8-7-11-4-3-9-19-18(21)15(11)10-12/h7-8,10,13-14,16H,1-6,9H2,(H,19,21). The SMILES string of the molecule is O=C1NCCCc2ccc(C(=O)C3C4CCCCC43)cc21. The van der Waals surface area contributed by atoms with E-state index in [1.165, 1.54) is 25.7 Å². The van der Waals surface area contributed by atoms with Crippen LogP contribution in [0.3, 0.4) is 0 Å². The maximum atomic E-state index is 12.7. The molecule has 0 bridgehead atoms. The molecule has 3 aliphatic rings. The van der Waals surface area contributed by atoms with E-state index in [4.69, 9.17) is 0 Å². The predicted molar refractivity (Wildman–Crippen MR) is 80.4 cm³/mol. The molecule has 0 aromatic heterocycles. The summed E-state index contributed by atoms with van der Waals surface area (Å²) in [5.74, 6) is 1.73. The van der Waals surface area contributed by atoms with E-state index in [0.29, 0.717) is 17.4 Å². The van der Waals surface area contributed by atoms with Crippen LogP contribution in [0.1, 0.15) is 58.4 Å². The molecule has 1 amide bonds. The zero-order chi connectivity index (χ0) is 14.4. The van der Waals surface area contributed by atoms with Gasteiger partial charge < -0.3 is 5.32 Å². The summed E-state index contributed by atoms with van der Waals surface area (Å²) in [5, 5.41) is 2.91. The van der Waals surface area contributed by atoms with Crippen molar-refractivity contribution in [1.29, 1.82) is 0 Å². The summed E-state index contributed by atoms with van der Waals surface area (Å²) in [6, 6.07) is 5.76. The average Bonchev–Trinajstić information content (AvgIpc) is 3.27. The van der Waals surface area contributed by atoms with Crippen molar-refractivity contribution in [3.05, 3.63) is 34.9 Å². The number of amides is 1. The van der Waals surface area contributed by atoms with E-state index < -0.39 is 0 Å². The molecule has 110 valence electrons. The molecule has 1 aromatic rings. The highest BCUT2D eigenvalue weighted by atomic mass is 16.1. The molecule has 2 aliphatic carbocycles. The fourth-order valence-electron chi connectivity index (χ4n) is 4.31. The molecule has 0 saturated heterocycles. The Labute approximate surface area is 125 Å². The van der Waals surface area contributed by atoms with Crippen molar-refractivity contribution in [3.8, 4) is 0 Å². The average molecular weight is 283 g/mol. The molecule has 3 heteroatoms. The lowest BCUT2D eigenvalue weighted by atomic mass is 9.97. The van der Waals surface area contributed by atoms with Gasteiger partial charge in [0.1, 0.15) is 0 Å². The van der Waals surface area contributed by atoms with E-state index in [2.05, 4.69) is 5.32 Å². The number of benzene rings is 1. The predicted octanol–water partition coefficient (Wildman–Crippen LogP) is 2.98. The number of fused-ring (bicyclic) bond motifs is 2. The Morgan fingerprint density at radius 3 is 2.62 bits per heavy atom. The maximum Gasteiger partial charge on any atom is 0.251 e. The number of rotatable bonds is 2. The fraction of sp³-hybridized carbons (Fsp3) is 0.556. The van der Waals surface area contributed by atoms with Crippen molar-refractivity contribution < 1.29 is 9.59 Å². The van der Waals surface area contributed by atoms with Crippen LogP contribution in [0.25, 0.3) is 0 Å². The summed E-state index contributed by atoms with van der Waals surface area (Å²) in [7, 11) is 0. The van der Waals surface area contributed by atoms with Crippen molar-refractivity contribution >= 4 is 11.7 Å². The highest BCUT2D eigenvalue weighted by Gasteiger charge is 2.54. The van der Waals surface area contributed by atoms with Crippen LogP contribution < -0.4 is 5.32 Å². The largest absolute Gasteiger partial charge is 0.352 e. The van der Waals surface area contributed by atoms with E-state index in [-0.39, 0.29) is 17.6 Å². The second-order valence-electron chi connectivity index (χ2n) is 6.73. The lowest BCUT2D eigenvalue weighted by Crippen LogP contribution is -2.23. The normalized spacial score (nSPS) is 30.7. The van der Waals surface area contributed by atoms with Crippen molar-refractivity contribution in [2.24, 2.45) is 17.8 Å². The molecule has 1 aliphatic heterocycles. The van der Waals surface area contributed by atoms with Gasteiger partial charge in [-0.3, -0.25) is 9.59 Å². The fourth-order valence-corrected chi connectivity index (χ4v) is 4.31. The summed E-state index contributed by atoms with van der Waals surface area (Å²) < 4.78 is 0. The summed E-state index contributed by atoms with van der Waals surface area (Å²) in [5.41, 5.74) is 2.53. The van der Waals surface area contributed by atoms with Crippen LogP contribution in [-0.4, -0.2) is 18.2 Å². The summed E-state index contributed by atoms with van der Waals surface area (Å²) in [4.78, 5) is 24.8. The van der Waals surface area contributed by atoms with Crippen LogP contribution in [0.15, 0.2) is 18.2 Å². The van der Waals surface area contributed by atoms with E-state index in [1.54, 1.807) is 0 Å². The van der Waals surface area contributed by atoms with Gasteiger partial charge in [0.15, 0.2) is 5.78 Å². The highest BCUT2D eigenvalue weighted by Crippen LogP contribution is 2.56. The lowest BCUT2D eigenvalue weighted by molar-refractivity contribution is 0.0955. The van der Waals surface area contributed by atoms with Crippen molar-refractivity contribution in [1.82, 2.24) is 5.32 Å². The van der Waals surface area contributed by atoms with Crippen LogP contribution in [0.5, 0.6) is 0 Å². The third-order valence-electron chi connectivity index (χ3n) is 5.51. The van der Waals surface area contributed by atoms with E-state index in [0.717, 1.165) is 30.5 Å². The first-order valence-corrected chi connectivity index (χ1v) is 8.21. The zero-order valence-electron chi connectivity index (χ0n) is 12.2. The topological polar surface area (TPSA) is 46.2 Å². The molecule has 0 spiro atoms. The van der Waals surface area contributed by atoms with E-state index in [9.17, 15) is 9.59 Å². The second kappa shape index (κ2) is 4.97. The first kappa shape index (κ1) is 13.1. The molecule has 2 fully saturated rings. The maximum absolute atomic E-state index is 12.7. The molecule has 0 radical (unpaired) electrons. The Hall–Kier alpha value is -1.64. The minimum absolute atomic E-state index is 0.0228. The smallest absolute Gasteiger partial charge is 0.251 e. The summed E-state index contributed by atoms with van der Waals surface area (Å²) in [6.07, 6.45) is 6.87. The van der Waals surface area contributed by atoms with Crippen molar-refractivity contribution in [3.63, 3.8) is 0 Å². The number of carbonyl (C=O) groups excluding carboxylic acids is 2. The van der Waals surface area contributed by atoms with Crippen LogP contribution in [0, 0.1) is 17.8 Å². The summed E-state index contributed by atoms with van der Waals surface area (Å²) in [6.45, 7) is 0.726. The quantitative estimate of drug-likeness (QED) is 0.848. The van der Waals surface area contributed by atoms with Crippen LogP contribution >= 0.6 is 0 Å². The lowest BCUT2D eigenvalue weighted by Gasteiger charge is -2.07. The van der Waals surface area contributed by atoms with Gasteiger partial charge in [0.2, 0.25) is 0 Å². The van der Waals surface area contributed by atoms with Crippen LogP contribution in [0.2, 0.25) is 0 Å². The van der Waals surface area contributed by atoms with Gasteiger partial charge >= 0.3 is 0 Å². The Morgan fingerprint density at radius 1 is 1.10 bits per heavy atom. The molecular formula is C18H21NO2. The van der Waals surface area contributed by atoms with E-state index >= 15 is 0 Å². The van der Waals surface area contributed by atoms with Gasteiger partial charge in [0.05, 0.1) is 0 Å². The number of hydrogen-bond acceptors (Lipinski definition) is 2.